The number of rotatable bonds is 5. The molecule has 1 unspecified atom stereocenters. The molecule has 82 valence electrons. The van der Waals surface area contributed by atoms with E-state index in [0.717, 1.165) is 26.1 Å². The lowest BCUT2D eigenvalue weighted by Crippen LogP contribution is -2.39. The van der Waals surface area contributed by atoms with Crippen LogP contribution in [0.3, 0.4) is 0 Å². The summed E-state index contributed by atoms with van der Waals surface area (Å²) in [5.41, 5.74) is 0. The number of carboxylic acids is 1. The van der Waals surface area contributed by atoms with Crippen LogP contribution in [-0.4, -0.2) is 48.1 Å². The molecule has 0 spiro atoms. The molecule has 5 nitrogen and oxygen atoms in total. The van der Waals surface area contributed by atoms with Crippen LogP contribution in [0.15, 0.2) is 0 Å². The number of aliphatic hydroxyl groups is 1. The zero-order valence-corrected chi connectivity index (χ0v) is 8.11. The average Bonchev–Trinajstić information content (AvgIpc) is 2.15. The summed E-state index contributed by atoms with van der Waals surface area (Å²) in [6.45, 7) is 1.83. The highest BCUT2D eigenvalue weighted by Crippen LogP contribution is 2.06. The monoisotopic (exact) mass is 203 g/mol. The molecule has 0 aromatic carbocycles. The summed E-state index contributed by atoms with van der Waals surface area (Å²) < 4.78 is 5.17. The average molecular weight is 203 g/mol. The first-order chi connectivity index (χ1) is 6.68. The third-order valence-electron chi connectivity index (χ3n) is 2.27. The second-order valence-electron chi connectivity index (χ2n) is 3.55. The van der Waals surface area contributed by atoms with Crippen molar-refractivity contribution in [3.8, 4) is 0 Å². The maximum absolute atomic E-state index is 10.3. The van der Waals surface area contributed by atoms with Crippen molar-refractivity contribution in [3.05, 3.63) is 0 Å². The molecule has 1 aliphatic heterocycles. The summed E-state index contributed by atoms with van der Waals surface area (Å²) in [4.78, 5) is 10.3. The molecular formula is C9H17NO4. The molecule has 1 heterocycles. The number of nitrogens with one attached hydrogen (secondary N) is 1. The molecule has 0 aromatic rings. The van der Waals surface area contributed by atoms with Gasteiger partial charge in [0.25, 0.3) is 0 Å². The minimum absolute atomic E-state index is 0.198. The Labute approximate surface area is 83.1 Å². The third-order valence-corrected chi connectivity index (χ3v) is 2.27. The molecule has 3 N–H and O–H groups in total. The van der Waals surface area contributed by atoms with Gasteiger partial charge in [-0.1, -0.05) is 0 Å². The molecule has 0 radical (unpaired) electrons. The van der Waals surface area contributed by atoms with Crippen LogP contribution in [0.25, 0.3) is 0 Å². The van der Waals surface area contributed by atoms with Gasteiger partial charge in [0.05, 0.1) is 12.5 Å². The Morgan fingerprint density at radius 3 is 2.71 bits per heavy atom. The van der Waals surface area contributed by atoms with E-state index in [4.69, 9.17) is 9.84 Å². The fraction of sp³-hybridized carbons (Fsp3) is 0.889. The van der Waals surface area contributed by atoms with Crippen LogP contribution in [0.5, 0.6) is 0 Å². The normalized spacial score (nSPS) is 20.6. The summed E-state index contributed by atoms with van der Waals surface area (Å²) in [6.07, 6.45) is 0.867. The van der Waals surface area contributed by atoms with Gasteiger partial charge in [-0.3, -0.25) is 4.79 Å². The molecule has 0 bridgehead atoms. The first-order valence-corrected chi connectivity index (χ1v) is 4.89. The van der Waals surface area contributed by atoms with Crippen molar-refractivity contribution in [1.29, 1.82) is 0 Å². The topological polar surface area (TPSA) is 78.8 Å². The molecule has 1 saturated heterocycles. The number of hydrogen-bond acceptors (Lipinski definition) is 4. The Morgan fingerprint density at radius 1 is 1.50 bits per heavy atom. The Bertz CT molecular complexity index is 180. The fourth-order valence-electron chi connectivity index (χ4n) is 1.48. The highest BCUT2D eigenvalue weighted by Gasteiger charge is 2.15. The fourth-order valence-corrected chi connectivity index (χ4v) is 1.48. The molecule has 0 aromatic heterocycles. The number of carbonyl (C=O) groups is 1. The SMILES string of the molecule is O=C(O)CC(O)CNC1CCOCC1. The standard InChI is InChI=1S/C9H17NO4/c11-8(5-9(12)13)6-10-7-1-3-14-4-2-7/h7-8,10-11H,1-6H2,(H,12,13). The summed E-state index contributed by atoms with van der Waals surface area (Å²) in [6, 6.07) is 0.354. The lowest BCUT2D eigenvalue weighted by atomic mass is 10.1. The Hall–Kier alpha value is -0.650. The molecule has 14 heavy (non-hydrogen) atoms. The van der Waals surface area contributed by atoms with Crippen LogP contribution in [0, 0.1) is 0 Å². The summed E-state index contributed by atoms with van der Waals surface area (Å²) in [5.74, 6) is -0.966. The Morgan fingerprint density at radius 2 is 2.14 bits per heavy atom. The zero-order chi connectivity index (χ0) is 10.4. The molecule has 1 atom stereocenters. The van der Waals surface area contributed by atoms with E-state index in [0.29, 0.717) is 12.6 Å². The van der Waals surface area contributed by atoms with E-state index >= 15 is 0 Å². The number of ether oxygens (including phenoxy) is 1. The van der Waals surface area contributed by atoms with Crippen molar-refractivity contribution in [3.63, 3.8) is 0 Å². The van der Waals surface area contributed by atoms with Crippen molar-refractivity contribution in [2.24, 2.45) is 0 Å². The van der Waals surface area contributed by atoms with Crippen molar-refractivity contribution in [1.82, 2.24) is 5.32 Å². The lowest BCUT2D eigenvalue weighted by molar-refractivity contribution is -0.139. The van der Waals surface area contributed by atoms with Gasteiger partial charge in [-0.05, 0) is 12.8 Å². The van der Waals surface area contributed by atoms with Gasteiger partial charge in [-0.15, -0.1) is 0 Å². The van der Waals surface area contributed by atoms with Gasteiger partial charge in [0.15, 0.2) is 0 Å². The summed E-state index contributed by atoms with van der Waals surface area (Å²) in [7, 11) is 0. The van der Waals surface area contributed by atoms with Crippen LogP contribution in [0.4, 0.5) is 0 Å². The molecule has 0 aliphatic carbocycles. The van der Waals surface area contributed by atoms with E-state index < -0.39 is 12.1 Å². The van der Waals surface area contributed by atoms with E-state index in [-0.39, 0.29) is 6.42 Å². The van der Waals surface area contributed by atoms with E-state index in [2.05, 4.69) is 5.32 Å². The van der Waals surface area contributed by atoms with Gasteiger partial charge < -0.3 is 20.3 Å². The number of aliphatic carboxylic acids is 1. The highest BCUT2D eigenvalue weighted by molar-refractivity contribution is 5.67. The number of hydrogen-bond donors (Lipinski definition) is 3. The summed E-state index contributed by atoms with van der Waals surface area (Å²) in [5, 5.41) is 20.8. The van der Waals surface area contributed by atoms with Crippen molar-refractivity contribution >= 4 is 5.97 Å². The highest BCUT2D eigenvalue weighted by atomic mass is 16.5. The second-order valence-corrected chi connectivity index (χ2v) is 3.55. The van der Waals surface area contributed by atoms with Crippen molar-refractivity contribution in [2.75, 3.05) is 19.8 Å². The first-order valence-electron chi connectivity index (χ1n) is 4.89. The second kappa shape index (κ2) is 5.95. The van der Waals surface area contributed by atoms with Crippen molar-refractivity contribution in [2.45, 2.75) is 31.4 Å². The maximum Gasteiger partial charge on any atom is 0.306 e. The third kappa shape index (κ3) is 4.55. The van der Waals surface area contributed by atoms with Crippen LogP contribution < -0.4 is 5.32 Å². The lowest BCUT2D eigenvalue weighted by Gasteiger charge is -2.24. The smallest absolute Gasteiger partial charge is 0.306 e. The summed E-state index contributed by atoms with van der Waals surface area (Å²) >= 11 is 0. The van der Waals surface area contributed by atoms with Crippen LogP contribution in [-0.2, 0) is 9.53 Å². The van der Waals surface area contributed by atoms with E-state index in [1.807, 2.05) is 0 Å². The molecule has 1 aliphatic rings. The molecule has 0 amide bonds. The van der Waals surface area contributed by atoms with Gasteiger partial charge in [-0.25, -0.2) is 0 Å². The van der Waals surface area contributed by atoms with Gasteiger partial charge in [0.1, 0.15) is 0 Å². The van der Waals surface area contributed by atoms with E-state index in [1.165, 1.54) is 0 Å². The quantitative estimate of drug-likeness (QED) is 0.566. The molecule has 1 rings (SSSR count). The Balaban J connectivity index is 2.09. The van der Waals surface area contributed by atoms with Gasteiger partial charge in [-0.2, -0.15) is 0 Å². The van der Waals surface area contributed by atoms with E-state index in [9.17, 15) is 9.90 Å². The van der Waals surface area contributed by atoms with Crippen LogP contribution in [0.1, 0.15) is 19.3 Å². The maximum atomic E-state index is 10.3. The van der Waals surface area contributed by atoms with Gasteiger partial charge in [0, 0.05) is 25.8 Å². The Kier molecular flexibility index (Phi) is 4.86. The van der Waals surface area contributed by atoms with Gasteiger partial charge >= 0.3 is 5.97 Å². The molecule has 1 fully saturated rings. The minimum atomic E-state index is -0.966. The predicted molar refractivity (Wildman–Crippen MR) is 50.1 cm³/mol. The van der Waals surface area contributed by atoms with Crippen molar-refractivity contribution < 1.29 is 19.7 Å². The minimum Gasteiger partial charge on any atom is -0.481 e. The predicted octanol–water partition coefficient (Wildman–Crippen LogP) is -0.409. The van der Waals surface area contributed by atoms with Crippen LogP contribution in [0.2, 0.25) is 0 Å². The molecule has 5 heteroatoms. The van der Waals surface area contributed by atoms with E-state index in [1.54, 1.807) is 0 Å². The van der Waals surface area contributed by atoms with Gasteiger partial charge in [0.2, 0.25) is 0 Å². The largest absolute Gasteiger partial charge is 0.481 e. The molecular weight excluding hydrogens is 186 g/mol. The number of aliphatic hydroxyl groups excluding tert-OH is 1. The first kappa shape index (κ1) is 11.4. The molecule has 0 saturated carbocycles. The number of carboxylic acid groups (broad SMARTS) is 1. The van der Waals surface area contributed by atoms with Crippen LogP contribution >= 0.6 is 0 Å². The zero-order valence-electron chi connectivity index (χ0n) is 8.11.